The molecule has 2 heterocycles. The summed E-state index contributed by atoms with van der Waals surface area (Å²) < 4.78 is 31.9. The zero-order chi connectivity index (χ0) is 19.8. The van der Waals surface area contributed by atoms with Crippen molar-refractivity contribution >= 4 is 39.3 Å². The molecule has 0 unspecified atom stereocenters. The van der Waals surface area contributed by atoms with E-state index in [2.05, 4.69) is 10.5 Å². The normalized spacial score (nSPS) is 17.8. The lowest BCUT2D eigenvalue weighted by Gasteiger charge is -2.23. The van der Waals surface area contributed by atoms with Gasteiger partial charge in [0.25, 0.3) is 0 Å². The number of aromatic carboxylic acids is 1. The van der Waals surface area contributed by atoms with Gasteiger partial charge in [-0.3, -0.25) is 4.79 Å². The van der Waals surface area contributed by atoms with Crippen molar-refractivity contribution in [2.45, 2.75) is 30.7 Å². The second-order valence-corrected chi connectivity index (χ2v) is 8.33. The van der Waals surface area contributed by atoms with E-state index in [-0.39, 0.29) is 27.8 Å². The van der Waals surface area contributed by atoms with E-state index in [1.165, 1.54) is 18.2 Å². The van der Waals surface area contributed by atoms with Crippen molar-refractivity contribution in [3.63, 3.8) is 0 Å². The minimum absolute atomic E-state index is 0.0708. The number of rotatable bonds is 5. The second-order valence-electron chi connectivity index (χ2n) is 6.03. The zero-order valence-electron chi connectivity index (χ0n) is 14.2. The van der Waals surface area contributed by atoms with Crippen LogP contribution in [-0.4, -0.2) is 47.4 Å². The average Bonchev–Trinajstić information content (AvgIpc) is 3.24. The van der Waals surface area contributed by atoms with Gasteiger partial charge in [-0.25, -0.2) is 13.2 Å². The van der Waals surface area contributed by atoms with Gasteiger partial charge in [0.15, 0.2) is 5.82 Å². The largest absolute Gasteiger partial charge is 0.478 e. The van der Waals surface area contributed by atoms with Gasteiger partial charge in [-0.1, -0.05) is 16.8 Å². The number of aromatic nitrogens is 1. The van der Waals surface area contributed by atoms with Crippen molar-refractivity contribution in [1.29, 1.82) is 0 Å². The van der Waals surface area contributed by atoms with E-state index in [0.29, 0.717) is 18.6 Å². The summed E-state index contributed by atoms with van der Waals surface area (Å²) in [6.07, 6.45) is 0.829. The molecule has 1 amide bonds. The number of hydrogen-bond acceptors (Lipinski definition) is 6. The summed E-state index contributed by atoms with van der Waals surface area (Å²) in [7, 11) is -4.09. The standard InChI is InChI=1S/C16H16ClN3O6S/c1-9-7-14(19-26-9)18-15(21)13-3-2-6-20(13)27(24,25)10-4-5-12(17)11(8-10)16(22)23/h4-5,7-8,13H,2-3,6H2,1H3,(H,22,23)(H,18,19,21)/t13-/m0/s1. The highest BCUT2D eigenvalue weighted by atomic mass is 35.5. The monoisotopic (exact) mass is 413 g/mol. The molecule has 1 aromatic carbocycles. The number of carboxylic acid groups (broad SMARTS) is 1. The van der Waals surface area contributed by atoms with Crippen molar-refractivity contribution in [2.75, 3.05) is 11.9 Å². The first-order valence-corrected chi connectivity index (χ1v) is 9.81. The molecular weight excluding hydrogens is 398 g/mol. The molecule has 1 fully saturated rings. The van der Waals surface area contributed by atoms with Gasteiger partial charge < -0.3 is 14.9 Å². The van der Waals surface area contributed by atoms with Crippen LogP contribution in [0.1, 0.15) is 29.0 Å². The second kappa shape index (κ2) is 7.29. The Morgan fingerprint density at radius 2 is 2.11 bits per heavy atom. The highest BCUT2D eigenvalue weighted by molar-refractivity contribution is 7.89. The minimum atomic E-state index is -4.09. The van der Waals surface area contributed by atoms with Crippen LogP contribution < -0.4 is 5.32 Å². The fourth-order valence-corrected chi connectivity index (χ4v) is 4.77. The topological polar surface area (TPSA) is 130 Å². The van der Waals surface area contributed by atoms with E-state index in [4.69, 9.17) is 21.2 Å². The van der Waals surface area contributed by atoms with Gasteiger partial charge in [-0.05, 0) is 38.0 Å². The van der Waals surface area contributed by atoms with Crippen LogP contribution in [0.25, 0.3) is 0 Å². The molecule has 1 saturated heterocycles. The van der Waals surface area contributed by atoms with Crippen molar-refractivity contribution in [1.82, 2.24) is 9.46 Å². The average molecular weight is 414 g/mol. The first-order valence-electron chi connectivity index (χ1n) is 7.99. The third-order valence-electron chi connectivity index (χ3n) is 4.16. The summed E-state index contributed by atoms with van der Waals surface area (Å²) in [5.74, 6) is -1.17. The summed E-state index contributed by atoms with van der Waals surface area (Å²) in [6.45, 7) is 1.80. The predicted octanol–water partition coefficient (Wildman–Crippen LogP) is 2.13. The molecule has 1 aliphatic heterocycles. The number of nitrogens with zero attached hydrogens (tertiary/aromatic N) is 2. The lowest BCUT2D eigenvalue weighted by molar-refractivity contribution is -0.119. The first kappa shape index (κ1) is 19.3. The number of nitrogens with one attached hydrogen (secondary N) is 1. The van der Waals surface area contributed by atoms with Crippen LogP contribution >= 0.6 is 11.6 Å². The Kier molecular flexibility index (Phi) is 5.22. The molecule has 3 rings (SSSR count). The Bertz CT molecular complexity index is 1000. The van der Waals surface area contributed by atoms with Gasteiger partial charge in [0.05, 0.1) is 15.5 Å². The maximum Gasteiger partial charge on any atom is 0.337 e. The molecule has 1 atom stereocenters. The van der Waals surface area contributed by atoms with Gasteiger partial charge in [-0.2, -0.15) is 4.31 Å². The van der Waals surface area contributed by atoms with E-state index in [1.54, 1.807) is 6.92 Å². The van der Waals surface area contributed by atoms with Crippen LogP contribution in [0.5, 0.6) is 0 Å². The molecule has 0 radical (unpaired) electrons. The van der Waals surface area contributed by atoms with Crippen LogP contribution in [0.3, 0.4) is 0 Å². The quantitative estimate of drug-likeness (QED) is 0.767. The van der Waals surface area contributed by atoms with E-state index in [9.17, 15) is 18.0 Å². The Labute approximate surface area is 159 Å². The maximum absolute atomic E-state index is 13.0. The molecule has 0 aliphatic carbocycles. The third kappa shape index (κ3) is 3.82. The summed E-state index contributed by atoms with van der Waals surface area (Å²) in [5, 5.41) is 15.3. The van der Waals surface area contributed by atoms with Crippen molar-refractivity contribution in [2.24, 2.45) is 0 Å². The molecule has 1 aliphatic rings. The fourth-order valence-electron chi connectivity index (χ4n) is 2.89. The number of anilines is 1. The Balaban J connectivity index is 1.88. The predicted molar refractivity (Wildman–Crippen MR) is 95.2 cm³/mol. The number of amides is 1. The molecule has 2 N–H and O–H groups in total. The number of carbonyl (C=O) groups is 2. The number of carboxylic acids is 1. The fraction of sp³-hybridized carbons (Fsp3) is 0.312. The van der Waals surface area contributed by atoms with E-state index in [0.717, 1.165) is 10.4 Å². The SMILES string of the molecule is Cc1cc(NC(=O)[C@@H]2CCCN2S(=O)(=O)c2ccc(Cl)c(C(=O)O)c2)no1. The van der Waals surface area contributed by atoms with Gasteiger partial charge >= 0.3 is 5.97 Å². The van der Waals surface area contributed by atoms with Crippen LogP contribution in [0.2, 0.25) is 5.02 Å². The number of aryl methyl sites for hydroxylation is 1. The molecule has 1 aromatic heterocycles. The smallest absolute Gasteiger partial charge is 0.337 e. The maximum atomic E-state index is 13.0. The number of benzene rings is 1. The van der Waals surface area contributed by atoms with E-state index >= 15 is 0 Å². The van der Waals surface area contributed by atoms with Gasteiger partial charge in [0.2, 0.25) is 15.9 Å². The molecule has 0 spiro atoms. The van der Waals surface area contributed by atoms with Crippen molar-refractivity contribution in [3.05, 3.63) is 40.6 Å². The molecule has 2 aromatic rings. The highest BCUT2D eigenvalue weighted by Crippen LogP contribution is 2.29. The van der Waals surface area contributed by atoms with E-state index < -0.39 is 27.9 Å². The molecule has 0 bridgehead atoms. The molecule has 144 valence electrons. The van der Waals surface area contributed by atoms with Crippen LogP contribution in [0.4, 0.5) is 5.82 Å². The van der Waals surface area contributed by atoms with Crippen LogP contribution in [0.15, 0.2) is 33.7 Å². The molecular formula is C16H16ClN3O6S. The Morgan fingerprint density at radius 1 is 1.37 bits per heavy atom. The summed E-state index contributed by atoms with van der Waals surface area (Å²) >= 11 is 5.80. The van der Waals surface area contributed by atoms with Crippen molar-refractivity contribution < 1.29 is 27.6 Å². The first-order chi connectivity index (χ1) is 12.7. The van der Waals surface area contributed by atoms with Crippen molar-refractivity contribution in [3.8, 4) is 0 Å². The number of halogens is 1. The summed E-state index contributed by atoms with van der Waals surface area (Å²) in [4.78, 5) is 23.5. The number of carbonyl (C=O) groups excluding carboxylic acids is 1. The lowest BCUT2D eigenvalue weighted by atomic mass is 10.2. The van der Waals surface area contributed by atoms with Crippen LogP contribution in [0, 0.1) is 6.92 Å². The number of hydrogen-bond donors (Lipinski definition) is 2. The molecule has 11 heteroatoms. The highest BCUT2D eigenvalue weighted by Gasteiger charge is 2.40. The molecule has 0 saturated carbocycles. The van der Waals surface area contributed by atoms with Gasteiger partial charge in [0.1, 0.15) is 11.8 Å². The van der Waals surface area contributed by atoms with Gasteiger partial charge in [-0.15, -0.1) is 0 Å². The third-order valence-corrected chi connectivity index (χ3v) is 6.39. The number of sulfonamides is 1. The molecule has 9 nitrogen and oxygen atoms in total. The zero-order valence-corrected chi connectivity index (χ0v) is 15.7. The minimum Gasteiger partial charge on any atom is -0.478 e. The molecule has 27 heavy (non-hydrogen) atoms. The van der Waals surface area contributed by atoms with Crippen LogP contribution in [-0.2, 0) is 14.8 Å². The van der Waals surface area contributed by atoms with Gasteiger partial charge in [0, 0.05) is 12.6 Å². The Hall–Kier alpha value is -2.43. The summed E-state index contributed by atoms with van der Waals surface area (Å²) in [6, 6.07) is 4.01. The lowest BCUT2D eigenvalue weighted by Crippen LogP contribution is -2.43. The van der Waals surface area contributed by atoms with E-state index in [1.807, 2.05) is 0 Å². The summed E-state index contributed by atoms with van der Waals surface area (Å²) in [5.41, 5.74) is -0.323. The Morgan fingerprint density at radius 3 is 2.74 bits per heavy atom.